The van der Waals surface area contributed by atoms with Gasteiger partial charge >= 0.3 is 0 Å². The van der Waals surface area contributed by atoms with E-state index in [0.29, 0.717) is 22.9 Å². The maximum absolute atomic E-state index is 12.8. The first-order valence-corrected chi connectivity index (χ1v) is 10.6. The van der Waals surface area contributed by atoms with Crippen molar-refractivity contribution < 1.29 is 19.4 Å². The molecule has 160 valence electrons. The van der Waals surface area contributed by atoms with Crippen LogP contribution >= 0.6 is 11.3 Å². The molecule has 0 aliphatic heterocycles. The molecule has 0 fully saturated rings. The van der Waals surface area contributed by atoms with Gasteiger partial charge in [0.15, 0.2) is 0 Å². The fourth-order valence-corrected chi connectivity index (χ4v) is 4.48. The van der Waals surface area contributed by atoms with Gasteiger partial charge in [0.1, 0.15) is 17.2 Å². The zero-order valence-electron chi connectivity index (χ0n) is 17.5. The number of benzene rings is 2. The van der Waals surface area contributed by atoms with Crippen molar-refractivity contribution in [3.05, 3.63) is 65.2 Å². The van der Waals surface area contributed by atoms with Crippen molar-refractivity contribution >= 4 is 27.3 Å². The van der Waals surface area contributed by atoms with Gasteiger partial charge in [0.2, 0.25) is 0 Å². The number of hydrogen-bond donors (Lipinski definition) is 2. The van der Waals surface area contributed by atoms with Gasteiger partial charge in [-0.15, -0.1) is 11.3 Å². The topological polar surface area (TPSA) is 85.6 Å². The normalized spacial score (nSPS) is 12.0. The van der Waals surface area contributed by atoms with Crippen molar-refractivity contribution in [2.24, 2.45) is 7.05 Å². The highest BCUT2D eigenvalue weighted by Gasteiger charge is 2.19. The molecule has 0 radical (unpaired) electrons. The van der Waals surface area contributed by atoms with Crippen LogP contribution in [0.5, 0.6) is 11.5 Å². The van der Waals surface area contributed by atoms with Gasteiger partial charge < -0.3 is 19.9 Å². The Morgan fingerprint density at radius 2 is 2.00 bits per heavy atom. The molecule has 2 aromatic heterocycles. The number of methoxy groups -OCH3 is 2. The molecule has 0 saturated heterocycles. The number of thiophene rings is 1. The van der Waals surface area contributed by atoms with E-state index in [1.54, 1.807) is 50.8 Å². The van der Waals surface area contributed by atoms with E-state index in [2.05, 4.69) is 10.4 Å². The Morgan fingerprint density at radius 3 is 2.77 bits per heavy atom. The minimum atomic E-state index is -0.800. The van der Waals surface area contributed by atoms with Crippen LogP contribution in [0, 0.1) is 0 Å². The summed E-state index contributed by atoms with van der Waals surface area (Å²) in [6.45, 7) is 0.0998. The van der Waals surface area contributed by atoms with Gasteiger partial charge in [0, 0.05) is 29.4 Å². The van der Waals surface area contributed by atoms with Gasteiger partial charge in [-0.25, -0.2) is 0 Å². The summed E-state index contributed by atoms with van der Waals surface area (Å²) in [5.41, 5.74) is 2.50. The highest BCUT2D eigenvalue weighted by Crippen LogP contribution is 2.33. The Labute approximate surface area is 183 Å². The molecule has 8 heteroatoms. The quantitative estimate of drug-likeness (QED) is 0.460. The SMILES string of the molecule is COc1ccc(OC)c(-c2cc(C(=O)NC[C@@H](O)c3csc4ccccc34)n(C)n2)c1. The lowest BCUT2D eigenvalue weighted by atomic mass is 10.1. The molecule has 1 amide bonds. The first-order valence-electron chi connectivity index (χ1n) is 9.70. The Hall–Kier alpha value is -3.36. The average Bonchev–Trinajstić information content (AvgIpc) is 3.40. The summed E-state index contributed by atoms with van der Waals surface area (Å²) in [6.07, 6.45) is -0.800. The molecule has 0 unspecified atom stereocenters. The van der Waals surface area contributed by atoms with Crippen molar-refractivity contribution in [2.45, 2.75) is 6.10 Å². The third-order valence-electron chi connectivity index (χ3n) is 5.12. The lowest BCUT2D eigenvalue weighted by Crippen LogP contribution is -2.29. The van der Waals surface area contributed by atoms with Crippen LogP contribution in [0.4, 0.5) is 0 Å². The van der Waals surface area contributed by atoms with E-state index in [1.807, 2.05) is 35.7 Å². The lowest BCUT2D eigenvalue weighted by Gasteiger charge is -2.11. The summed E-state index contributed by atoms with van der Waals surface area (Å²) in [4.78, 5) is 12.8. The molecule has 4 aromatic rings. The maximum atomic E-state index is 12.8. The van der Waals surface area contributed by atoms with Crippen LogP contribution in [0.1, 0.15) is 22.2 Å². The molecule has 2 N–H and O–H groups in total. The van der Waals surface area contributed by atoms with Crippen molar-refractivity contribution in [3.63, 3.8) is 0 Å². The van der Waals surface area contributed by atoms with Gasteiger partial charge in [-0.3, -0.25) is 9.48 Å². The van der Waals surface area contributed by atoms with Gasteiger partial charge in [0.05, 0.1) is 26.0 Å². The number of nitrogens with zero attached hydrogens (tertiary/aromatic N) is 2. The summed E-state index contributed by atoms with van der Waals surface area (Å²) in [6, 6.07) is 15.0. The molecule has 4 rings (SSSR count). The predicted molar refractivity (Wildman–Crippen MR) is 121 cm³/mol. The summed E-state index contributed by atoms with van der Waals surface area (Å²) in [7, 11) is 4.87. The van der Waals surface area contributed by atoms with Crippen molar-refractivity contribution in [1.29, 1.82) is 0 Å². The van der Waals surface area contributed by atoms with Crippen LogP contribution in [0.2, 0.25) is 0 Å². The highest BCUT2D eigenvalue weighted by molar-refractivity contribution is 7.17. The second-order valence-electron chi connectivity index (χ2n) is 7.02. The molecule has 2 aromatic carbocycles. The third-order valence-corrected chi connectivity index (χ3v) is 6.10. The molecule has 2 heterocycles. The van der Waals surface area contributed by atoms with Gasteiger partial charge in [-0.05, 0) is 41.1 Å². The second-order valence-corrected chi connectivity index (χ2v) is 7.93. The first kappa shape index (κ1) is 20.9. The molecule has 0 spiro atoms. The predicted octanol–water partition coefficient (Wildman–Crippen LogP) is 3.78. The fourth-order valence-electron chi connectivity index (χ4n) is 3.47. The molecule has 0 aliphatic rings. The number of amides is 1. The Morgan fingerprint density at radius 1 is 1.19 bits per heavy atom. The molecular weight excluding hydrogens is 414 g/mol. The van der Waals surface area contributed by atoms with Crippen molar-refractivity contribution in [2.75, 3.05) is 20.8 Å². The number of carbonyl (C=O) groups is 1. The summed E-state index contributed by atoms with van der Waals surface area (Å²) in [5, 5.41) is 20.8. The number of aliphatic hydroxyl groups is 1. The third kappa shape index (κ3) is 4.12. The van der Waals surface area contributed by atoms with Crippen LogP contribution in [0.3, 0.4) is 0 Å². The molecule has 0 bridgehead atoms. The van der Waals surface area contributed by atoms with Crippen molar-refractivity contribution in [1.82, 2.24) is 15.1 Å². The standard InChI is InChI=1S/C23H23N3O4S/c1-26-19(11-18(25-26)16-10-14(29-2)8-9-21(16)30-3)23(28)24-12-20(27)17-13-31-22-7-5-4-6-15(17)22/h4-11,13,20,27H,12H2,1-3H3,(H,24,28)/t20-/m1/s1. The monoisotopic (exact) mass is 437 g/mol. The van der Waals surface area contributed by atoms with Crippen LogP contribution in [-0.2, 0) is 7.05 Å². The number of hydrogen-bond acceptors (Lipinski definition) is 6. The second kappa shape index (κ2) is 8.79. The number of nitrogens with one attached hydrogen (secondary N) is 1. The Kier molecular flexibility index (Phi) is 5.92. The number of aryl methyl sites for hydroxylation is 1. The van der Waals surface area contributed by atoms with E-state index in [4.69, 9.17) is 9.47 Å². The molecule has 1 atom stereocenters. The largest absolute Gasteiger partial charge is 0.497 e. The zero-order chi connectivity index (χ0) is 22.0. The van der Waals surface area contributed by atoms with Gasteiger partial charge in [-0.1, -0.05) is 18.2 Å². The fraction of sp³-hybridized carbons (Fsp3) is 0.217. The van der Waals surface area contributed by atoms with Gasteiger partial charge in [-0.2, -0.15) is 5.10 Å². The maximum Gasteiger partial charge on any atom is 0.269 e. The van der Waals surface area contributed by atoms with E-state index in [1.165, 1.54) is 4.68 Å². The van der Waals surface area contributed by atoms with Crippen LogP contribution in [-0.4, -0.2) is 41.6 Å². The Balaban J connectivity index is 1.52. The number of carbonyl (C=O) groups excluding carboxylic acids is 1. The van der Waals surface area contributed by atoms with E-state index in [-0.39, 0.29) is 12.5 Å². The van der Waals surface area contributed by atoms with E-state index >= 15 is 0 Å². The first-order chi connectivity index (χ1) is 15.0. The smallest absolute Gasteiger partial charge is 0.269 e. The number of aliphatic hydroxyl groups excluding tert-OH is 1. The van der Waals surface area contributed by atoms with Crippen LogP contribution < -0.4 is 14.8 Å². The van der Waals surface area contributed by atoms with Crippen molar-refractivity contribution in [3.8, 4) is 22.8 Å². The number of fused-ring (bicyclic) bond motifs is 1. The average molecular weight is 438 g/mol. The zero-order valence-corrected chi connectivity index (χ0v) is 18.3. The van der Waals surface area contributed by atoms with E-state index < -0.39 is 6.10 Å². The molecular formula is C23H23N3O4S. The van der Waals surface area contributed by atoms with E-state index in [0.717, 1.165) is 21.2 Å². The number of ether oxygens (including phenoxy) is 2. The summed E-state index contributed by atoms with van der Waals surface area (Å²) in [5.74, 6) is 0.978. The summed E-state index contributed by atoms with van der Waals surface area (Å²) < 4.78 is 13.3. The molecule has 0 aliphatic carbocycles. The molecule has 31 heavy (non-hydrogen) atoms. The molecule has 0 saturated carbocycles. The summed E-state index contributed by atoms with van der Waals surface area (Å²) >= 11 is 1.57. The van der Waals surface area contributed by atoms with Crippen LogP contribution in [0.25, 0.3) is 21.3 Å². The minimum Gasteiger partial charge on any atom is -0.497 e. The van der Waals surface area contributed by atoms with E-state index in [9.17, 15) is 9.90 Å². The Bertz CT molecular complexity index is 1230. The number of rotatable bonds is 7. The lowest BCUT2D eigenvalue weighted by molar-refractivity contribution is 0.0908. The highest BCUT2D eigenvalue weighted by atomic mass is 32.1. The number of aromatic nitrogens is 2. The van der Waals surface area contributed by atoms with Crippen LogP contribution in [0.15, 0.2) is 53.9 Å². The minimum absolute atomic E-state index is 0.0998. The molecule has 7 nitrogen and oxygen atoms in total. The van der Waals surface area contributed by atoms with Gasteiger partial charge in [0.25, 0.3) is 5.91 Å².